The van der Waals surface area contributed by atoms with E-state index in [1.165, 1.54) is 12.3 Å². The first-order valence-electron chi connectivity index (χ1n) is 13.4. The molecule has 10 heteroatoms. The first-order chi connectivity index (χ1) is 18.3. The zero-order valence-corrected chi connectivity index (χ0v) is 22.2. The Hall–Kier alpha value is -3.53. The lowest BCUT2D eigenvalue weighted by molar-refractivity contribution is -0.140. The number of nitrogens with one attached hydrogen (secondary N) is 2. The van der Waals surface area contributed by atoms with Gasteiger partial charge in [-0.15, -0.1) is 0 Å². The van der Waals surface area contributed by atoms with Crippen LogP contribution in [-0.2, 0) is 9.53 Å². The van der Waals surface area contributed by atoms with Gasteiger partial charge in [0.1, 0.15) is 0 Å². The number of anilines is 1. The van der Waals surface area contributed by atoms with Crippen molar-refractivity contribution in [2.24, 2.45) is 5.92 Å². The third-order valence-electron chi connectivity index (χ3n) is 7.44. The summed E-state index contributed by atoms with van der Waals surface area (Å²) in [6.45, 7) is 8.40. The van der Waals surface area contributed by atoms with Crippen LogP contribution in [-0.4, -0.2) is 69.7 Å². The number of aromatic nitrogens is 3. The maximum Gasteiger partial charge on any atom is 0.255 e. The highest BCUT2D eigenvalue weighted by Gasteiger charge is 2.31. The van der Waals surface area contributed by atoms with Crippen molar-refractivity contribution in [3.8, 4) is 11.1 Å². The van der Waals surface area contributed by atoms with Crippen LogP contribution in [0, 0.1) is 18.8 Å². The Morgan fingerprint density at radius 2 is 1.84 bits per heavy atom. The second-order valence-corrected chi connectivity index (χ2v) is 10.6. The molecule has 1 saturated heterocycles. The monoisotopic (exact) mass is 522 g/mol. The van der Waals surface area contributed by atoms with Crippen LogP contribution in [0.2, 0.25) is 0 Å². The molecule has 4 heterocycles. The van der Waals surface area contributed by atoms with Gasteiger partial charge in [0.25, 0.3) is 5.91 Å². The first-order valence-corrected chi connectivity index (χ1v) is 13.4. The number of amides is 2. The van der Waals surface area contributed by atoms with E-state index in [2.05, 4.69) is 20.7 Å². The molecule has 1 saturated carbocycles. The molecule has 3 aromatic heterocycles. The fraction of sp³-hybridized carbons (Fsp3) is 0.500. The lowest BCUT2D eigenvalue weighted by atomic mass is 9.85. The maximum atomic E-state index is 13.5. The molecule has 0 atom stereocenters. The number of morpholine rings is 1. The van der Waals surface area contributed by atoms with Crippen molar-refractivity contribution < 1.29 is 18.7 Å². The number of ether oxygens (including phenoxy) is 1. The quantitative estimate of drug-likeness (QED) is 0.478. The van der Waals surface area contributed by atoms with E-state index in [0.717, 1.165) is 47.9 Å². The summed E-state index contributed by atoms with van der Waals surface area (Å²) < 4.78 is 20.6. The molecule has 1 aliphatic heterocycles. The number of hydrogen-bond donors (Lipinski definition) is 2. The van der Waals surface area contributed by atoms with E-state index in [-0.39, 0.29) is 29.8 Å². The Balaban J connectivity index is 1.32. The molecule has 1 aliphatic carbocycles. The molecule has 38 heavy (non-hydrogen) atoms. The summed E-state index contributed by atoms with van der Waals surface area (Å²) in [5.74, 6) is -0.477. The topological polar surface area (TPSA) is 101 Å². The number of hydrogen-bond acceptors (Lipinski definition) is 6. The predicted octanol–water partition coefficient (Wildman–Crippen LogP) is 3.81. The van der Waals surface area contributed by atoms with Gasteiger partial charge in [-0.1, -0.05) is 0 Å². The summed E-state index contributed by atoms with van der Waals surface area (Å²) in [6.07, 6.45) is 8.02. The van der Waals surface area contributed by atoms with Crippen LogP contribution < -0.4 is 10.6 Å². The Morgan fingerprint density at radius 1 is 1.11 bits per heavy atom. The highest BCUT2D eigenvalue weighted by molar-refractivity contribution is 6.03. The lowest BCUT2D eigenvalue weighted by Crippen LogP contribution is -2.46. The average molecular weight is 523 g/mol. The highest BCUT2D eigenvalue weighted by Crippen LogP contribution is 2.31. The van der Waals surface area contributed by atoms with Crippen LogP contribution in [0.5, 0.6) is 0 Å². The van der Waals surface area contributed by atoms with Gasteiger partial charge in [-0.3, -0.25) is 9.59 Å². The van der Waals surface area contributed by atoms with Gasteiger partial charge >= 0.3 is 0 Å². The number of halogens is 1. The van der Waals surface area contributed by atoms with Crippen molar-refractivity contribution in [1.82, 2.24) is 24.8 Å². The van der Waals surface area contributed by atoms with Crippen molar-refractivity contribution in [2.75, 3.05) is 31.6 Å². The highest BCUT2D eigenvalue weighted by atomic mass is 19.1. The van der Waals surface area contributed by atoms with E-state index in [1.807, 2.05) is 37.9 Å². The summed E-state index contributed by atoms with van der Waals surface area (Å²) in [5.41, 5.74) is 4.34. The Morgan fingerprint density at radius 3 is 2.53 bits per heavy atom. The van der Waals surface area contributed by atoms with E-state index in [0.29, 0.717) is 37.6 Å². The normalized spacial score (nSPS) is 20.1. The first kappa shape index (κ1) is 26.1. The van der Waals surface area contributed by atoms with Gasteiger partial charge in [-0.25, -0.2) is 9.50 Å². The largest absolute Gasteiger partial charge is 0.380 e. The minimum atomic E-state index is -0.520. The fourth-order valence-electron chi connectivity index (χ4n) is 5.43. The van der Waals surface area contributed by atoms with Crippen molar-refractivity contribution in [1.29, 1.82) is 0 Å². The van der Waals surface area contributed by atoms with Crippen LogP contribution in [0.15, 0.2) is 30.7 Å². The third-order valence-corrected chi connectivity index (χ3v) is 7.44. The SMILES string of the molecule is Cc1cc(F)ncc1-c1cc2c(NC(C)C)c(C(=O)N[C@H]3CC[C@H](C(=O)N4CCOCC4)CC3)cnn2c1. The zero-order valence-electron chi connectivity index (χ0n) is 22.2. The zero-order chi connectivity index (χ0) is 26.8. The fourth-order valence-corrected chi connectivity index (χ4v) is 5.43. The Labute approximate surface area is 221 Å². The second-order valence-electron chi connectivity index (χ2n) is 10.6. The van der Waals surface area contributed by atoms with Gasteiger partial charge in [0, 0.05) is 54.6 Å². The molecule has 9 nitrogen and oxygen atoms in total. The van der Waals surface area contributed by atoms with Gasteiger partial charge in [-0.2, -0.15) is 9.49 Å². The van der Waals surface area contributed by atoms with Gasteiger partial charge < -0.3 is 20.3 Å². The summed E-state index contributed by atoms with van der Waals surface area (Å²) in [4.78, 5) is 32.0. The van der Waals surface area contributed by atoms with Crippen molar-refractivity contribution in [3.05, 3.63) is 47.8 Å². The van der Waals surface area contributed by atoms with E-state index in [4.69, 9.17) is 4.74 Å². The molecule has 5 rings (SSSR count). The van der Waals surface area contributed by atoms with Crippen LogP contribution in [0.25, 0.3) is 16.6 Å². The molecule has 2 fully saturated rings. The molecule has 0 radical (unpaired) electrons. The summed E-state index contributed by atoms with van der Waals surface area (Å²) in [5, 5.41) is 11.1. The molecule has 0 aromatic carbocycles. The molecule has 0 unspecified atom stereocenters. The van der Waals surface area contributed by atoms with Crippen molar-refractivity contribution in [3.63, 3.8) is 0 Å². The number of nitrogens with zero attached hydrogens (tertiary/aromatic N) is 4. The molecule has 202 valence electrons. The number of fused-ring (bicyclic) bond motifs is 1. The minimum Gasteiger partial charge on any atom is -0.380 e. The van der Waals surface area contributed by atoms with Gasteiger partial charge in [-0.05, 0) is 64.2 Å². The number of aryl methyl sites for hydroxylation is 1. The molecule has 2 amide bonds. The van der Waals surface area contributed by atoms with Crippen LogP contribution in [0.3, 0.4) is 0 Å². The van der Waals surface area contributed by atoms with E-state index in [1.54, 1.807) is 10.7 Å². The molecule has 0 spiro atoms. The van der Waals surface area contributed by atoms with Crippen LogP contribution >= 0.6 is 0 Å². The predicted molar refractivity (Wildman–Crippen MR) is 142 cm³/mol. The molecule has 0 bridgehead atoms. The van der Waals surface area contributed by atoms with Crippen molar-refractivity contribution in [2.45, 2.75) is 58.5 Å². The van der Waals surface area contributed by atoms with Crippen LogP contribution in [0.4, 0.5) is 10.1 Å². The number of pyridine rings is 1. The van der Waals surface area contributed by atoms with Crippen LogP contribution in [0.1, 0.15) is 55.5 Å². The van der Waals surface area contributed by atoms with E-state index >= 15 is 0 Å². The number of carbonyl (C=O) groups excluding carboxylic acids is 2. The Bertz CT molecular complexity index is 1330. The molecule has 3 aromatic rings. The summed E-state index contributed by atoms with van der Waals surface area (Å²) >= 11 is 0. The Kier molecular flexibility index (Phi) is 7.60. The molecule has 2 aliphatic rings. The lowest BCUT2D eigenvalue weighted by Gasteiger charge is -2.34. The third kappa shape index (κ3) is 5.50. The standard InChI is InChI=1S/C28H35FN6O3/c1-17(2)32-26-23(15-31-35-16-20(13-24(26)35)22-14-30-25(29)12-18(22)3)27(36)33-21-6-4-19(5-7-21)28(37)34-8-10-38-11-9-34/h12-17,19,21,32H,4-11H2,1-3H3,(H,33,36)/t19-,21-. The molecular formula is C28H35FN6O3. The van der Waals surface area contributed by atoms with Crippen molar-refractivity contribution >= 4 is 23.0 Å². The summed E-state index contributed by atoms with van der Waals surface area (Å²) in [7, 11) is 0. The average Bonchev–Trinajstić information content (AvgIpc) is 3.33. The van der Waals surface area contributed by atoms with Gasteiger partial charge in [0.2, 0.25) is 11.9 Å². The van der Waals surface area contributed by atoms with E-state index < -0.39 is 5.95 Å². The maximum absolute atomic E-state index is 13.5. The minimum absolute atomic E-state index is 0.00894. The number of carbonyl (C=O) groups is 2. The number of rotatable bonds is 6. The second kappa shape index (κ2) is 11.1. The van der Waals surface area contributed by atoms with Gasteiger partial charge in [0.05, 0.1) is 36.2 Å². The molecule has 2 N–H and O–H groups in total. The van der Waals surface area contributed by atoms with Gasteiger partial charge in [0.15, 0.2) is 0 Å². The summed E-state index contributed by atoms with van der Waals surface area (Å²) in [6, 6.07) is 3.44. The van der Waals surface area contributed by atoms with E-state index in [9.17, 15) is 14.0 Å². The smallest absolute Gasteiger partial charge is 0.255 e. The molecular weight excluding hydrogens is 487 g/mol.